The van der Waals surface area contributed by atoms with Crippen molar-refractivity contribution in [3.63, 3.8) is 0 Å². The fourth-order valence-corrected chi connectivity index (χ4v) is 2.06. The standard InChI is InChI=1S/C16H14F2O2/c17-12-6-11(7-13(18)9-12)16(19)10-2-1-3-15(8-10)20-14-4-5-14/h1-3,6-9,14,16,19H,4-5H2. The van der Waals surface area contributed by atoms with Crippen LogP contribution in [0, 0.1) is 11.6 Å². The number of hydrogen-bond acceptors (Lipinski definition) is 2. The second kappa shape index (κ2) is 5.21. The van der Waals surface area contributed by atoms with E-state index in [1.807, 2.05) is 0 Å². The number of halogens is 2. The molecule has 1 atom stereocenters. The number of ether oxygens (including phenoxy) is 1. The van der Waals surface area contributed by atoms with Gasteiger partial charge in [-0.1, -0.05) is 12.1 Å². The van der Waals surface area contributed by atoms with Crippen LogP contribution in [-0.4, -0.2) is 11.2 Å². The van der Waals surface area contributed by atoms with Crippen molar-refractivity contribution in [2.75, 3.05) is 0 Å². The van der Waals surface area contributed by atoms with Crippen molar-refractivity contribution in [2.24, 2.45) is 0 Å². The highest BCUT2D eigenvalue weighted by molar-refractivity contribution is 5.36. The van der Waals surface area contributed by atoms with Gasteiger partial charge in [0.2, 0.25) is 0 Å². The van der Waals surface area contributed by atoms with Gasteiger partial charge in [-0.15, -0.1) is 0 Å². The van der Waals surface area contributed by atoms with E-state index in [2.05, 4.69) is 0 Å². The zero-order valence-corrected chi connectivity index (χ0v) is 10.7. The zero-order chi connectivity index (χ0) is 14.1. The largest absolute Gasteiger partial charge is 0.490 e. The van der Waals surface area contributed by atoms with Gasteiger partial charge in [0.15, 0.2) is 0 Å². The third-order valence-electron chi connectivity index (χ3n) is 3.20. The molecule has 2 aromatic carbocycles. The Hall–Kier alpha value is -1.94. The summed E-state index contributed by atoms with van der Waals surface area (Å²) in [5.74, 6) is -0.741. The summed E-state index contributed by atoms with van der Waals surface area (Å²) in [6.07, 6.45) is 1.26. The fourth-order valence-electron chi connectivity index (χ4n) is 2.06. The second-order valence-electron chi connectivity index (χ2n) is 5.00. The maximum atomic E-state index is 13.2. The predicted octanol–water partition coefficient (Wildman–Crippen LogP) is 3.59. The molecule has 0 bridgehead atoms. The summed E-state index contributed by atoms with van der Waals surface area (Å²) in [5.41, 5.74) is 0.735. The van der Waals surface area contributed by atoms with Crippen LogP contribution in [-0.2, 0) is 0 Å². The minimum Gasteiger partial charge on any atom is -0.490 e. The van der Waals surface area contributed by atoms with Gasteiger partial charge in [0.05, 0.1) is 6.10 Å². The maximum Gasteiger partial charge on any atom is 0.126 e. The molecule has 0 heterocycles. The van der Waals surface area contributed by atoms with Crippen LogP contribution >= 0.6 is 0 Å². The monoisotopic (exact) mass is 276 g/mol. The van der Waals surface area contributed by atoms with E-state index in [0.717, 1.165) is 31.0 Å². The molecule has 2 aromatic rings. The smallest absolute Gasteiger partial charge is 0.126 e. The van der Waals surface area contributed by atoms with Crippen molar-refractivity contribution in [3.8, 4) is 5.75 Å². The molecule has 20 heavy (non-hydrogen) atoms. The average molecular weight is 276 g/mol. The van der Waals surface area contributed by atoms with E-state index in [-0.39, 0.29) is 11.7 Å². The SMILES string of the molecule is OC(c1cc(F)cc(F)c1)c1cccc(OC2CC2)c1. The van der Waals surface area contributed by atoms with Crippen molar-refractivity contribution in [1.29, 1.82) is 0 Å². The van der Waals surface area contributed by atoms with Gasteiger partial charge in [-0.2, -0.15) is 0 Å². The molecule has 0 spiro atoms. The Balaban J connectivity index is 1.86. The van der Waals surface area contributed by atoms with Crippen LogP contribution in [0.2, 0.25) is 0 Å². The molecule has 1 saturated carbocycles. The molecule has 1 aliphatic rings. The summed E-state index contributed by atoms with van der Waals surface area (Å²) in [5, 5.41) is 10.2. The number of hydrogen-bond donors (Lipinski definition) is 1. The molecule has 0 saturated heterocycles. The van der Waals surface area contributed by atoms with Gasteiger partial charge in [-0.25, -0.2) is 8.78 Å². The molecular formula is C16H14F2O2. The molecule has 1 N–H and O–H groups in total. The van der Waals surface area contributed by atoms with Crippen LogP contribution in [0.3, 0.4) is 0 Å². The highest BCUT2D eigenvalue weighted by Gasteiger charge is 2.23. The maximum absolute atomic E-state index is 13.2. The van der Waals surface area contributed by atoms with Crippen LogP contribution < -0.4 is 4.74 Å². The van der Waals surface area contributed by atoms with Gasteiger partial charge in [0, 0.05) is 6.07 Å². The first-order chi connectivity index (χ1) is 9.61. The molecule has 1 fully saturated rings. The first-order valence-electron chi connectivity index (χ1n) is 6.52. The molecule has 0 aromatic heterocycles. The third-order valence-corrected chi connectivity index (χ3v) is 3.20. The van der Waals surface area contributed by atoms with E-state index < -0.39 is 17.7 Å². The Bertz CT molecular complexity index is 603. The van der Waals surface area contributed by atoms with Crippen molar-refractivity contribution < 1.29 is 18.6 Å². The molecule has 0 amide bonds. The molecule has 0 aliphatic heterocycles. The number of rotatable bonds is 4. The predicted molar refractivity (Wildman–Crippen MR) is 70.5 cm³/mol. The van der Waals surface area contributed by atoms with Crippen LogP contribution in [0.15, 0.2) is 42.5 Å². The second-order valence-corrected chi connectivity index (χ2v) is 5.00. The Morgan fingerprint density at radius 3 is 2.35 bits per heavy atom. The Morgan fingerprint density at radius 2 is 1.70 bits per heavy atom. The highest BCUT2D eigenvalue weighted by Crippen LogP contribution is 2.30. The van der Waals surface area contributed by atoms with Crippen LogP contribution in [0.1, 0.15) is 30.1 Å². The van der Waals surface area contributed by atoms with E-state index in [4.69, 9.17) is 4.74 Å². The lowest BCUT2D eigenvalue weighted by atomic mass is 10.0. The van der Waals surface area contributed by atoms with Gasteiger partial charge < -0.3 is 9.84 Å². The first-order valence-corrected chi connectivity index (χ1v) is 6.52. The van der Waals surface area contributed by atoms with Crippen molar-refractivity contribution >= 4 is 0 Å². The number of aliphatic hydroxyl groups excluding tert-OH is 1. The average Bonchev–Trinajstić information content (AvgIpc) is 3.21. The summed E-state index contributed by atoms with van der Waals surface area (Å²) >= 11 is 0. The Kier molecular flexibility index (Phi) is 3.40. The fraction of sp³-hybridized carbons (Fsp3) is 0.250. The van der Waals surface area contributed by atoms with Crippen molar-refractivity contribution in [1.82, 2.24) is 0 Å². The molecule has 2 nitrogen and oxygen atoms in total. The van der Waals surface area contributed by atoms with Crippen molar-refractivity contribution in [2.45, 2.75) is 25.0 Å². The van der Waals surface area contributed by atoms with E-state index in [9.17, 15) is 13.9 Å². The third kappa shape index (κ3) is 2.96. The Labute approximate surface area is 115 Å². The van der Waals surface area contributed by atoms with Crippen LogP contribution in [0.5, 0.6) is 5.75 Å². The minimum atomic E-state index is -1.08. The lowest BCUT2D eigenvalue weighted by Crippen LogP contribution is -2.02. The molecule has 104 valence electrons. The van der Waals surface area contributed by atoms with E-state index in [1.165, 1.54) is 0 Å². The quantitative estimate of drug-likeness (QED) is 0.924. The summed E-state index contributed by atoms with van der Waals surface area (Å²) in [6.45, 7) is 0. The summed E-state index contributed by atoms with van der Waals surface area (Å²) in [4.78, 5) is 0. The lowest BCUT2D eigenvalue weighted by molar-refractivity contribution is 0.218. The molecule has 3 rings (SSSR count). The van der Waals surface area contributed by atoms with Gasteiger partial charge in [-0.3, -0.25) is 0 Å². The van der Waals surface area contributed by atoms with E-state index in [0.29, 0.717) is 11.3 Å². The van der Waals surface area contributed by atoms with E-state index in [1.54, 1.807) is 24.3 Å². The highest BCUT2D eigenvalue weighted by atomic mass is 19.1. The minimum absolute atomic E-state index is 0.186. The summed E-state index contributed by atoms with van der Waals surface area (Å²) in [7, 11) is 0. The summed E-state index contributed by atoms with van der Waals surface area (Å²) in [6, 6.07) is 10.00. The zero-order valence-electron chi connectivity index (χ0n) is 10.7. The molecule has 1 aliphatic carbocycles. The number of benzene rings is 2. The summed E-state index contributed by atoms with van der Waals surface area (Å²) < 4.78 is 32.0. The van der Waals surface area contributed by atoms with Gasteiger partial charge in [0.1, 0.15) is 23.5 Å². The van der Waals surface area contributed by atoms with Crippen molar-refractivity contribution in [3.05, 3.63) is 65.2 Å². The Morgan fingerprint density at radius 1 is 1.00 bits per heavy atom. The van der Waals surface area contributed by atoms with Gasteiger partial charge in [-0.05, 0) is 48.2 Å². The van der Waals surface area contributed by atoms with Crippen LogP contribution in [0.4, 0.5) is 8.78 Å². The molecule has 1 unspecified atom stereocenters. The normalized spacial score (nSPS) is 15.9. The van der Waals surface area contributed by atoms with Gasteiger partial charge in [0.25, 0.3) is 0 Å². The first kappa shape index (κ1) is 13.1. The topological polar surface area (TPSA) is 29.5 Å². The molecule has 4 heteroatoms. The van der Waals surface area contributed by atoms with E-state index >= 15 is 0 Å². The lowest BCUT2D eigenvalue weighted by Gasteiger charge is -2.13. The van der Waals surface area contributed by atoms with Gasteiger partial charge >= 0.3 is 0 Å². The van der Waals surface area contributed by atoms with Crippen LogP contribution in [0.25, 0.3) is 0 Å². The number of aliphatic hydroxyl groups is 1. The molecular weight excluding hydrogens is 262 g/mol. The molecule has 0 radical (unpaired) electrons.